The number of amides is 2. The number of piperazine rings is 1. The molecule has 2 aromatic rings. The van der Waals surface area contributed by atoms with E-state index in [0.29, 0.717) is 13.1 Å². The summed E-state index contributed by atoms with van der Waals surface area (Å²) in [4.78, 5) is 30.1. The van der Waals surface area contributed by atoms with Gasteiger partial charge < -0.3 is 9.80 Å². The molecule has 26 heavy (non-hydrogen) atoms. The highest BCUT2D eigenvalue weighted by Gasteiger charge is 2.42. The Kier molecular flexibility index (Phi) is 4.74. The van der Waals surface area contributed by atoms with E-state index < -0.39 is 0 Å². The highest BCUT2D eigenvalue weighted by atomic mass is 16.2. The topological polar surface area (TPSA) is 40.6 Å². The van der Waals surface area contributed by atoms with E-state index in [1.165, 1.54) is 0 Å². The second kappa shape index (κ2) is 7.32. The first-order valence-electron chi connectivity index (χ1n) is 9.48. The predicted molar refractivity (Wildman–Crippen MR) is 101 cm³/mol. The van der Waals surface area contributed by atoms with E-state index in [0.717, 1.165) is 36.8 Å². The van der Waals surface area contributed by atoms with E-state index in [1.54, 1.807) is 0 Å². The van der Waals surface area contributed by atoms with Gasteiger partial charge in [-0.25, -0.2) is 0 Å². The van der Waals surface area contributed by atoms with Crippen molar-refractivity contribution in [3.05, 3.63) is 71.8 Å². The summed E-state index contributed by atoms with van der Waals surface area (Å²) in [5.74, 6) is 0.184. The van der Waals surface area contributed by atoms with Crippen molar-refractivity contribution in [3.63, 3.8) is 0 Å². The number of carbonyl (C=O) groups is 2. The van der Waals surface area contributed by atoms with Crippen molar-refractivity contribution < 1.29 is 9.59 Å². The molecule has 1 saturated carbocycles. The molecule has 1 aliphatic carbocycles. The molecule has 0 spiro atoms. The van der Waals surface area contributed by atoms with Crippen LogP contribution in [0.15, 0.2) is 60.7 Å². The molecule has 0 N–H and O–H groups in total. The molecular formula is C22H24N2O2. The van der Waals surface area contributed by atoms with Gasteiger partial charge in [0.2, 0.25) is 0 Å². The van der Waals surface area contributed by atoms with E-state index >= 15 is 0 Å². The van der Waals surface area contributed by atoms with Crippen LogP contribution in [0.1, 0.15) is 46.4 Å². The van der Waals surface area contributed by atoms with Gasteiger partial charge in [-0.15, -0.1) is 0 Å². The smallest absolute Gasteiger partial charge is 0.254 e. The van der Waals surface area contributed by atoms with Crippen molar-refractivity contribution in [2.75, 3.05) is 13.1 Å². The van der Waals surface area contributed by atoms with E-state index in [9.17, 15) is 9.59 Å². The Labute approximate surface area is 154 Å². The fraction of sp³-hybridized carbons (Fsp3) is 0.364. The average Bonchev–Trinajstić information content (AvgIpc) is 2.73. The first-order chi connectivity index (χ1) is 12.8. The van der Waals surface area contributed by atoms with Gasteiger partial charge in [-0.05, 0) is 37.1 Å². The summed E-state index contributed by atoms with van der Waals surface area (Å²) in [5.41, 5.74) is 1.47. The lowest BCUT2D eigenvalue weighted by atomic mass is 9.85. The zero-order chi connectivity index (χ0) is 17.9. The van der Waals surface area contributed by atoms with Gasteiger partial charge in [0.15, 0.2) is 0 Å². The Balaban J connectivity index is 1.58. The van der Waals surface area contributed by atoms with Crippen LogP contribution < -0.4 is 0 Å². The third kappa shape index (κ3) is 3.12. The Bertz CT molecular complexity index is 708. The summed E-state index contributed by atoms with van der Waals surface area (Å²) in [6.07, 6.45) is 4.18. The van der Waals surface area contributed by atoms with Crippen molar-refractivity contribution in [3.8, 4) is 0 Å². The molecule has 2 aliphatic rings. The van der Waals surface area contributed by atoms with Crippen LogP contribution >= 0.6 is 0 Å². The molecule has 2 amide bonds. The van der Waals surface area contributed by atoms with Crippen LogP contribution in [0.2, 0.25) is 0 Å². The normalized spacial score (nSPS) is 22.6. The summed E-state index contributed by atoms with van der Waals surface area (Å²) in [6, 6.07) is 19.2. The van der Waals surface area contributed by atoms with E-state index in [4.69, 9.17) is 0 Å². The molecule has 0 unspecified atom stereocenters. The van der Waals surface area contributed by atoms with Crippen LogP contribution in [0.4, 0.5) is 0 Å². The summed E-state index contributed by atoms with van der Waals surface area (Å²) in [7, 11) is 0. The Morgan fingerprint density at radius 2 is 1.04 bits per heavy atom. The Morgan fingerprint density at radius 3 is 1.42 bits per heavy atom. The van der Waals surface area contributed by atoms with Crippen molar-refractivity contribution >= 4 is 11.8 Å². The third-order valence-corrected chi connectivity index (χ3v) is 5.64. The number of hydrogen-bond donors (Lipinski definition) is 0. The monoisotopic (exact) mass is 348 g/mol. The molecule has 2 atom stereocenters. The molecule has 1 aliphatic heterocycles. The third-order valence-electron chi connectivity index (χ3n) is 5.64. The van der Waals surface area contributed by atoms with Gasteiger partial charge >= 0.3 is 0 Å². The average molecular weight is 348 g/mol. The van der Waals surface area contributed by atoms with Crippen LogP contribution in [-0.2, 0) is 0 Å². The largest absolute Gasteiger partial charge is 0.332 e. The van der Waals surface area contributed by atoms with Crippen LogP contribution in [0.25, 0.3) is 0 Å². The van der Waals surface area contributed by atoms with Crippen LogP contribution in [0.5, 0.6) is 0 Å². The molecular weight excluding hydrogens is 324 g/mol. The first kappa shape index (κ1) is 16.8. The number of fused-ring (bicyclic) bond motifs is 1. The minimum Gasteiger partial charge on any atom is -0.332 e. The lowest BCUT2D eigenvalue weighted by molar-refractivity contribution is 0.00378. The maximum Gasteiger partial charge on any atom is 0.254 e. The number of benzene rings is 2. The number of hydrogen-bond acceptors (Lipinski definition) is 2. The number of nitrogens with zero attached hydrogens (tertiary/aromatic N) is 2. The Morgan fingerprint density at radius 1 is 0.654 bits per heavy atom. The van der Waals surface area contributed by atoms with Gasteiger partial charge in [0.25, 0.3) is 11.8 Å². The minimum absolute atomic E-state index is 0.0920. The summed E-state index contributed by atoms with van der Waals surface area (Å²) < 4.78 is 0. The van der Waals surface area contributed by atoms with Gasteiger partial charge in [0.1, 0.15) is 0 Å². The highest BCUT2D eigenvalue weighted by Crippen LogP contribution is 2.32. The summed E-state index contributed by atoms with van der Waals surface area (Å²) in [6.45, 7) is 1.21. The Hall–Kier alpha value is -2.62. The van der Waals surface area contributed by atoms with Gasteiger partial charge in [-0.1, -0.05) is 49.2 Å². The molecule has 0 aromatic heterocycles. The maximum atomic E-state index is 13.0. The second-order valence-corrected chi connectivity index (χ2v) is 7.15. The summed E-state index contributed by atoms with van der Waals surface area (Å²) in [5, 5.41) is 0. The van der Waals surface area contributed by atoms with Gasteiger partial charge in [0.05, 0.1) is 12.1 Å². The molecule has 4 nitrogen and oxygen atoms in total. The molecule has 0 bridgehead atoms. The standard InChI is InChI=1S/C22H24N2O2/c25-21(17-9-3-1-4-10-17)23-15-16-24(20-14-8-7-13-19(20)23)22(26)18-11-5-2-6-12-18/h1-6,9-12,19-20H,7-8,13-16H2/t19-,20-/m0/s1. The SMILES string of the molecule is O=C(c1ccccc1)N1CCN(C(=O)c2ccccc2)[C@H]2CCCC[C@@H]21. The predicted octanol–water partition coefficient (Wildman–Crippen LogP) is 3.60. The van der Waals surface area contributed by atoms with Crippen molar-refractivity contribution in [1.82, 2.24) is 9.80 Å². The molecule has 2 fully saturated rings. The van der Waals surface area contributed by atoms with E-state index in [2.05, 4.69) is 0 Å². The second-order valence-electron chi connectivity index (χ2n) is 7.15. The molecule has 1 heterocycles. The molecule has 0 radical (unpaired) electrons. The van der Waals surface area contributed by atoms with Crippen molar-refractivity contribution in [1.29, 1.82) is 0 Å². The van der Waals surface area contributed by atoms with E-state index in [1.807, 2.05) is 70.5 Å². The van der Waals surface area contributed by atoms with Crippen LogP contribution in [-0.4, -0.2) is 46.8 Å². The van der Waals surface area contributed by atoms with Crippen LogP contribution in [0.3, 0.4) is 0 Å². The van der Waals surface area contributed by atoms with Crippen molar-refractivity contribution in [2.45, 2.75) is 37.8 Å². The minimum atomic E-state index is 0.0920. The zero-order valence-corrected chi connectivity index (χ0v) is 14.9. The lowest BCUT2D eigenvalue weighted by Crippen LogP contribution is -2.63. The number of carbonyl (C=O) groups excluding carboxylic acids is 2. The molecule has 4 rings (SSSR count). The van der Waals surface area contributed by atoms with Crippen LogP contribution in [0, 0.1) is 0 Å². The van der Waals surface area contributed by atoms with Gasteiger partial charge in [-0.3, -0.25) is 9.59 Å². The maximum absolute atomic E-state index is 13.0. The first-order valence-corrected chi connectivity index (χ1v) is 9.48. The zero-order valence-electron chi connectivity index (χ0n) is 14.9. The lowest BCUT2D eigenvalue weighted by Gasteiger charge is -2.50. The highest BCUT2D eigenvalue weighted by molar-refractivity contribution is 5.96. The fourth-order valence-electron chi connectivity index (χ4n) is 4.36. The molecule has 134 valence electrons. The van der Waals surface area contributed by atoms with E-state index in [-0.39, 0.29) is 23.9 Å². The number of rotatable bonds is 2. The molecule has 4 heteroatoms. The fourth-order valence-corrected chi connectivity index (χ4v) is 4.36. The summed E-state index contributed by atoms with van der Waals surface area (Å²) >= 11 is 0. The van der Waals surface area contributed by atoms with Gasteiger partial charge in [0, 0.05) is 24.2 Å². The quantitative estimate of drug-likeness (QED) is 0.832. The molecule has 2 aromatic carbocycles. The molecule has 1 saturated heterocycles. The van der Waals surface area contributed by atoms with Crippen molar-refractivity contribution in [2.24, 2.45) is 0 Å². The van der Waals surface area contributed by atoms with Gasteiger partial charge in [-0.2, -0.15) is 0 Å².